The lowest BCUT2D eigenvalue weighted by atomic mass is 10.2. The van der Waals surface area contributed by atoms with E-state index in [-0.39, 0.29) is 18.6 Å². The molecule has 0 aromatic carbocycles. The molecule has 0 aliphatic heterocycles. The minimum atomic E-state index is -0.251. The second kappa shape index (κ2) is 6.20. The number of carbonyl (C=O) groups excluding carboxylic acids is 1. The summed E-state index contributed by atoms with van der Waals surface area (Å²) in [6.45, 7) is 6.74. The Morgan fingerprint density at radius 3 is 2.56 bits per heavy atom. The number of methoxy groups -OCH3 is 1. The zero-order chi connectivity index (χ0) is 13.9. The summed E-state index contributed by atoms with van der Waals surface area (Å²) >= 11 is 6.21. The summed E-state index contributed by atoms with van der Waals surface area (Å²) in [6, 6.07) is 0.218. The Kier molecular flexibility index (Phi) is 5.16. The Hall–Kier alpha value is -1.07. The summed E-state index contributed by atoms with van der Waals surface area (Å²) in [7, 11) is 3.24. The molecule has 1 rings (SSSR count). The number of nitrogens with zero attached hydrogens (tertiary/aromatic N) is 3. The van der Waals surface area contributed by atoms with Crippen LogP contribution in [0.25, 0.3) is 0 Å². The molecule has 0 saturated carbocycles. The third-order valence-corrected chi connectivity index (χ3v) is 3.40. The average Bonchev–Trinajstić information content (AvgIpc) is 2.54. The van der Waals surface area contributed by atoms with Gasteiger partial charge in [0, 0.05) is 19.6 Å². The molecule has 18 heavy (non-hydrogen) atoms. The van der Waals surface area contributed by atoms with Crippen LogP contribution in [-0.2, 0) is 23.1 Å². The molecule has 0 atom stereocenters. The maximum Gasteiger partial charge on any atom is 0.319 e. The van der Waals surface area contributed by atoms with Gasteiger partial charge in [-0.05, 0) is 20.8 Å². The van der Waals surface area contributed by atoms with Crippen molar-refractivity contribution in [2.45, 2.75) is 33.4 Å². The fourth-order valence-electron chi connectivity index (χ4n) is 1.70. The number of halogens is 1. The van der Waals surface area contributed by atoms with Gasteiger partial charge in [0.25, 0.3) is 0 Å². The highest BCUT2D eigenvalue weighted by Crippen LogP contribution is 2.21. The van der Waals surface area contributed by atoms with E-state index in [1.165, 1.54) is 7.11 Å². The number of hydrogen-bond acceptors (Lipinski definition) is 4. The summed E-state index contributed by atoms with van der Waals surface area (Å²) in [5.74, 6) is -0.251. The highest BCUT2D eigenvalue weighted by molar-refractivity contribution is 6.31. The van der Waals surface area contributed by atoms with Gasteiger partial charge in [-0.15, -0.1) is 0 Å². The summed E-state index contributed by atoms with van der Waals surface area (Å²) in [5.41, 5.74) is 1.71. The van der Waals surface area contributed by atoms with Crippen molar-refractivity contribution in [2.24, 2.45) is 7.05 Å². The molecular formula is C12H20ClN3O2. The second-order valence-corrected chi connectivity index (χ2v) is 4.92. The molecule has 6 heteroatoms. The average molecular weight is 274 g/mol. The van der Waals surface area contributed by atoms with Crippen LogP contribution in [0.4, 0.5) is 0 Å². The van der Waals surface area contributed by atoms with Gasteiger partial charge in [0.05, 0.1) is 30.1 Å². The van der Waals surface area contributed by atoms with Gasteiger partial charge in [-0.3, -0.25) is 14.4 Å². The van der Waals surface area contributed by atoms with Crippen molar-refractivity contribution >= 4 is 17.6 Å². The first-order chi connectivity index (χ1) is 8.36. The monoisotopic (exact) mass is 273 g/mol. The standard InChI is InChI=1S/C12H20ClN3O2/c1-8(2)16(7-11(17)18-5)6-10-12(13)9(3)14-15(10)4/h8H,6-7H2,1-5H3. The minimum absolute atomic E-state index is 0.218. The molecule has 0 amide bonds. The van der Waals surface area contributed by atoms with Gasteiger partial charge in [-0.25, -0.2) is 0 Å². The molecular weight excluding hydrogens is 254 g/mol. The second-order valence-electron chi connectivity index (χ2n) is 4.54. The number of esters is 1. The predicted octanol–water partition coefficient (Wildman–Crippen LogP) is 1.77. The molecule has 0 saturated heterocycles. The van der Waals surface area contributed by atoms with Gasteiger partial charge < -0.3 is 4.74 Å². The maximum atomic E-state index is 11.4. The number of aromatic nitrogens is 2. The topological polar surface area (TPSA) is 47.4 Å². The van der Waals surface area contributed by atoms with Crippen LogP contribution in [-0.4, -0.2) is 40.3 Å². The van der Waals surface area contributed by atoms with E-state index >= 15 is 0 Å². The van der Waals surface area contributed by atoms with E-state index in [9.17, 15) is 4.79 Å². The van der Waals surface area contributed by atoms with Crippen LogP contribution < -0.4 is 0 Å². The Labute approximate surface area is 113 Å². The van der Waals surface area contributed by atoms with Crippen LogP contribution in [0.15, 0.2) is 0 Å². The number of ether oxygens (including phenoxy) is 1. The van der Waals surface area contributed by atoms with Crippen LogP contribution in [0, 0.1) is 6.92 Å². The molecule has 0 aliphatic carbocycles. The van der Waals surface area contributed by atoms with Gasteiger partial charge in [0.1, 0.15) is 0 Å². The molecule has 1 heterocycles. The van der Waals surface area contributed by atoms with Crippen LogP contribution in [0.1, 0.15) is 25.2 Å². The third kappa shape index (κ3) is 3.46. The van der Waals surface area contributed by atoms with E-state index < -0.39 is 0 Å². The molecule has 1 aromatic heterocycles. The zero-order valence-electron chi connectivity index (χ0n) is 11.5. The smallest absolute Gasteiger partial charge is 0.319 e. The quantitative estimate of drug-likeness (QED) is 0.767. The minimum Gasteiger partial charge on any atom is -0.468 e. The molecule has 0 bridgehead atoms. The summed E-state index contributed by atoms with van der Waals surface area (Å²) in [5, 5.41) is 4.92. The van der Waals surface area contributed by atoms with Gasteiger partial charge in [-0.2, -0.15) is 5.10 Å². The Morgan fingerprint density at radius 1 is 1.56 bits per heavy atom. The molecule has 1 aromatic rings. The molecule has 0 radical (unpaired) electrons. The third-order valence-electron chi connectivity index (χ3n) is 2.90. The lowest BCUT2D eigenvalue weighted by Crippen LogP contribution is -2.36. The number of rotatable bonds is 5. The molecule has 0 unspecified atom stereocenters. The molecule has 0 N–H and O–H groups in total. The normalized spacial score (nSPS) is 11.3. The first-order valence-corrected chi connectivity index (χ1v) is 6.23. The highest BCUT2D eigenvalue weighted by Gasteiger charge is 2.19. The van der Waals surface area contributed by atoms with Crippen LogP contribution in [0.2, 0.25) is 5.02 Å². The lowest BCUT2D eigenvalue weighted by Gasteiger charge is -2.25. The fourth-order valence-corrected chi connectivity index (χ4v) is 1.92. The van der Waals surface area contributed by atoms with E-state index in [0.717, 1.165) is 11.4 Å². The number of aryl methyl sites for hydroxylation is 2. The van der Waals surface area contributed by atoms with Crippen molar-refractivity contribution in [3.8, 4) is 0 Å². The van der Waals surface area contributed by atoms with Crippen molar-refractivity contribution < 1.29 is 9.53 Å². The Balaban J connectivity index is 2.86. The first kappa shape index (κ1) is 15.0. The fraction of sp³-hybridized carbons (Fsp3) is 0.667. The van der Waals surface area contributed by atoms with Gasteiger partial charge >= 0.3 is 5.97 Å². The molecule has 0 aliphatic rings. The zero-order valence-corrected chi connectivity index (χ0v) is 12.3. The van der Waals surface area contributed by atoms with Crippen molar-refractivity contribution in [1.82, 2.24) is 14.7 Å². The summed E-state index contributed by atoms with van der Waals surface area (Å²) < 4.78 is 6.45. The van der Waals surface area contributed by atoms with Crippen molar-refractivity contribution in [2.75, 3.05) is 13.7 Å². The first-order valence-electron chi connectivity index (χ1n) is 5.85. The van der Waals surface area contributed by atoms with Crippen LogP contribution in [0.5, 0.6) is 0 Å². The Morgan fingerprint density at radius 2 is 2.17 bits per heavy atom. The van der Waals surface area contributed by atoms with E-state index in [1.54, 1.807) is 4.68 Å². The molecule has 0 spiro atoms. The van der Waals surface area contributed by atoms with E-state index in [0.29, 0.717) is 11.6 Å². The largest absolute Gasteiger partial charge is 0.468 e. The van der Waals surface area contributed by atoms with Crippen LogP contribution in [0.3, 0.4) is 0 Å². The van der Waals surface area contributed by atoms with E-state index in [1.807, 2.05) is 32.7 Å². The van der Waals surface area contributed by atoms with E-state index in [4.69, 9.17) is 16.3 Å². The summed E-state index contributed by atoms with van der Waals surface area (Å²) in [4.78, 5) is 13.4. The molecule has 102 valence electrons. The molecule has 0 fully saturated rings. The summed E-state index contributed by atoms with van der Waals surface area (Å²) in [6.07, 6.45) is 0. The van der Waals surface area contributed by atoms with Gasteiger partial charge in [-0.1, -0.05) is 11.6 Å². The Bertz CT molecular complexity index is 429. The van der Waals surface area contributed by atoms with E-state index in [2.05, 4.69) is 5.10 Å². The van der Waals surface area contributed by atoms with Gasteiger partial charge in [0.15, 0.2) is 0 Å². The SMILES string of the molecule is COC(=O)CN(Cc1c(Cl)c(C)nn1C)C(C)C. The van der Waals surface area contributed by atoms with Crippen molar-refractivity contribution in [3.63, 3.8) is 0 Å². The van der Waals surface area contributed by atoms with Gasteiger partial charge in [0.2, 0.25) is 0 Å². The maximum absolute atomic E-state index is 11.4. The highest BCUT2D eigenvalue weighted by atomic mass is 35.5. The van der Waals surface area contributed by atoms with Crippen LogP contribution >= 0.6 is 11.6 Å². The molecule has 5 nitrogen and oxygen atoms in total. The number of carbonyl (C=O) groups is 1. The number of hydrogen-bond donors (Lipinski definition) is 0. The van der Waals surface area contributed by atoms with Crippen molar-refractivity contribution in [1.29, 1.82) is 0 Å². The van der Waals surface area contributed by atoms with Crippen molar-refractivity contribution in [3.05, 3.63) is 16.4 Å². The predicted molar refractivity (Wildman–Crippen MR) is 70.5 cm³/mol. The lowest BCUT2D eigenvalue weighted by molar-refractivity contribution is -0.142.